The molecular weight excluding hydrogens is 200 g/mol. The SMILES string of the molecule is NC1CC(NCC2CSCCS2)C1. The fraction of sp³-hybridized carbons (Fsp3) is 1.00. The van der Waals surface area contributed by atoms with Gasteiger partial charge >= 0.3 is 0 Å². The van der Waals surface area contributed by atoms with Crippen molar-refractivity contribution in [2.45, 2.75) is 30.2 Å². The van der Waals surface area contributed by atoms with E-state index in [0.717, 1.165) is 11.3 Å². The standard InChI is InChI=1S/C9H18N2S2/c10-7-3-8(4-7)11-5-9-6-12-1-2-13-9/h7-9,11H,1-6,10H2. The number of rotatable bonds is 3. The van der Waals surface area contributed by atoms with Crippen LogP contribution in [0.2, 0.25) is 0 Å². The zero-order chi connectivity index (χ0) is 9.10. The van der Waals surface area contributed by atoms with E-state index in [0.29, 0.717) is 6.04 Å². The highest BCUT2D eigenvalue weighted by Gasteiger charge is 2.26. The van der Waals surface area contributed by atoms with E-state index in [1.54, 1.807) is 0 Å². The van der Waals surface area contributed by atoms with Crippen LogP contribution in [0, 0.1) is 0 Å². The van der Waals surface area contributed by atoms with Gasteiger partial charge in [0.25, 0.3) is 0 Å². The Morgan fingerprint density at radius 3 is 2.77 bits per heavy atom. The molecular formula is C9H18N2S2. The molecule has 2 aliphatic rings. The zero-order valence-corrected chi connectivity index (χ0v) is 9.50. The molecule has 1 aliphatic carbocycles. The Kier molecular flexibility index (Phi) is 3.84. The Balaban J connectivity index is 1.56. The number of nitrogens with two attached hydrogens (primary N) is 1. The van der Waals surface area contributed by atoms with E-state index in [2.05, 4.69) is 28.8 Å². The largest absolute Gasteiger partial charge is 0.328 e. The summed E-state index contributed by atoms with van der Waals surface area (Å²) in [4.78, 5) is 0. The normalized spacial score (nSPS) is 39.9. The van der Waals surface area contributed by atoms with Crippen molar-refractivity contribution in [3.8, 4) is 0 Å². The van der Waals surface area contributed by atoms with Crippen LogP contribution < -0.4 is 11.1 Å². The molecule has 1 aliphatic heterocycles. The molecule has 0 spiro atoms. The zero-order valence-electron chi connectivity index (χ0n) is 7.87. The highest BCUT2D eigenvalue weighted by Crippen LogP contribution is 2.24. The van der Waals surface area contributed by atoms with Gasteiger partial charge in [-0.1, -0.05) is 0 Å². The molecule has 0 aromatic carbocycles. The second-order valence-electron chi connectivity index (χ2n) is 3.90. The van der Waals surface area contributed by atoms with Gasteiger partial charge in [0, 0.05) is 41.1 Å². The van der Waals surface area contributed by atoms with Gasteiger partial charge < -0.3 is 11.1 Å². The van der Waals surface area contributed by atoms with Gasteiger partial charge in [0.2, 0.25) is 0 Å². The molecule has 0 radical (unpaired) electrons. The van der Waals surface area contributed by atoms with E-state index >= 15 is 0 Å². The van der Waals surface area contributed by atoms with Crippen LogP contribution in [0.15, 0.2) is 0 Å². The summed E-state index contributed by atoms with van der Waals surface area (Å²) in [7, 11) is 0. The van der Waals surface area contributed by atoms with Crippen molar-refractivity contribution >= 4 is 23.5 Å². The first-order valence-electron chi connectivity index (χ1n) is 5.03. The highest BCUT2D eigenvalue weighted by molar-refractivity contribution is 8.06. The van der Waals surface area contributed by atoms with Crippen LogP contribution in [0.25, 0.3) is 0 Å². The summed E-state index contributed by atoms with van der Waals surface area (Å²) in [5.74, 6) is 4.01. The number of hydrogen-bond donors (Lipinski definition) is 2. The summed E-state index contributed by atoms with van der Waals surface area (Å²) in [6, 6.07) is 1.20. The van der Waals surface area contributed by atoms with Crippen molar-refractivity contribution in [1.82, 2.24) is 5.32 Å². The van der Waals surface area contributed by atoms with Gasteiger partial charge in [0.1, 0.15) is 0 Å². The topological polar surface area (TPSA) is 38.0 Å². The van der Waals surface area contributed by atoms with E-state index in [1.165, 1.54) is 36.6 Å². The maximum atomic E-state index is 5.73. The maximum absolute atomic E-state index is 5.73. The molecule has 1 atom stereocenters. The average Bonchev–Trinajstić information content (AvgIpc) is 2.12. The van der Waals surface area contributed by atoms with Gasteiger partial charge in [-0.2, -0.15) is 23.5 Å². The van der Waals surface area contributed by atoms with Crippen LogP contribution in [-0.4, -0.2) is 41.1 Å². The molecule has 4 heteroatoms. The van der Waals surface area contributed by atoms with Crippen LogP contribution in [-0.2, 0) is 0 Å². The summed E-state index contributed by atoms with van der Waals surface area (Å²) in [5, 5.41) is 4.45. The summed E-state index contributed by atoms with van der Waals surface area (Å²) in [6.07, 6.45) is 2.37. The van der Waals surface area contributed by atoms with Gasteiger partial charge in [0.05, 0.1) is 0 Å². The lowest BCUT2D eigenvalue weighted by Gasteiger charge is -2.34. The Hall–Kier alpha value is 0.620. The fourth-order valence-electron chi connectivity index (χ4n) is 1.78. The van der Waals surface area contributed by atoms with Gasteiger partial charge in [-0.05, 0) is 12.8 Å². The predicted molar refractivity (Wildman–Crippen MR) is 62.6 cm³/mol. The van der Waals surface area contributed by atoms with E-state index in [1.807, 2.05) is 0 Å². The van der Waals surface area contributed by atoms with Gasteiger partial charge in [-0.15, -0.1) is 0 Å². The van der Waals surface area contributed by atoms with Crippen molar-refractivity contribution in [2.24, 2.45) is 5.73 Å². The number of hydrogen-bond acceptors (Lipinski definition) is 4. The molecule has 2 rings (SSSR count). The molecule has 0 amide bonds. The smallest absolute Gasteiger partial charge is 0.0263 e. The van der Waals surface area contributed by atoms with Crippen LogP contribution >= 0.6 is 23.5 Å². The summed E-state index contributed by atoms with van der Waals surface area (Å²) >= 11 is 4.22. The molecule has 0 aromatic rings. The lowest BCUT2D eigenvalue weighted by molar-refractivity contribution is 0.294. The Morgan fingerprint density at radius 2 is 2.15 bits per heavy atom. The molecule has 0 aromatic heterocycles. The van der Waals surface area contributed by atoms with Crippen molar-refractivity contribution in [3.63, 3.8) is 0 Å². The third-order valence-corrected chi connectivity index (χ3v) is 5.54. The predicted octanol–water partition coefficient (Wildman–Crippen LogP) is 0.914. The average molecular weight is 218 g/mol. The first-order chi connectivity index (χ1) is 6.34. The van der Waals surface area contributed by atoms with Gasteiger partial charge in [0.15, 0.2) is 0 Å². The Bertz CT molecular complexity index is 154. The second kappa shape index (κ2) is 4.91. The van der Waals surface area contributed by atoms with E-state index in [-0.39, 0.29) is 0 Å². The van der Waals surface area contributed by atoms with E-state index in [9.17, 15) is 0 Å². The number of thioether (sulfide) groups is 2. The first kappa shape index (κ1) is 10.1. The maximum Gasteiger partial charge on any atom is 0.0263 e. The van der Waals surface area contributed by atoms with Gasteiger partial charge in [-0.25, -0.2) is 0 Å². The summed E-state index contributed by atoms with van der Waals surface area (Å²) in [6.45, 7) is 1.19. The fourth-order valence-corrected chi connectivity index (χ4v) is 4.41. The minimum Gasteiger partial charge on any atom is -0.328 e. The van der Waals surface area contributed by atoms with Crippen molar-refractivity contribution in [2.75, 3.05) is 23.8 Å². The van der Waals surface area contributed by atoms with Crippen LogP contribution in [0.5, 0.6) is 0 Å². The van der Waals surface area contributed by atoms with E-state index < -0.39 is 0 Å². The molecule has 13 heavy (non-hydrogen) atoms. The van der Waals surface area contributed by atoms with Crippen LogP contribution in [0.4, 0.5) is 0 Å². The first-order valence-corrected chi connectivity index (χ1v) is 7.23. The van der Waals surface area contributed by atoms with Gasteiger partial charge in [-0.3, -0.25) is 0 Å². The summed E-state index contributed by atoms with van der Waals surface area (Å²) in [5.41, 5.74) is 5.73. The quantitative estimate of drug-likeness (QED) is 0.739. The van der Waals surface area contributed by atoms with Crippen LogP contribution in [0.3, 0.4) is 0 Å². The molecule has 1 unspecified atom stereocenters. The van der Waals surface area contributed by atoms with Crippen molar-refractivity contribution in [3.05, 3.63) is 0 Å². The molecule has 2 fully saturated rings. The molecule has 3 N–H and O–H groups in total. The second-order valence-corrected chi connectivity index (χ2v) is 6.46. The summed E-state index contributed by atoms with van der Waals surface area (Å²) < 4.78 is 0. The minimum atomic E-state index is 0.478. The Morgan fingerprint density at radius 1 is 1.31 bits per heavy atom. The monoisotopic (exact) mass is 218 g/mol. The highest BCUT2D eigenvalue weighted by atomic mass is 32.2. The molecule has 1 saturated carbocycles. The van der Waals surface area contributed by atoms with Crippen molar-refractivity contribution < 1.29 is 0 Å². The Labute approximate surface area is 88.8 Å². The van der Waals surface area contributed by atoms with Crippen LogP contribution in [0.1, 0.15) is 12.8 Å². The molecule has 1 saturated heterocycles. The lowest BCUT2D eigenvalue weighted by Crippen LogP contribution is -2.50. The van der Waals surface area contributed by atoms with E-state index in [4.69, 9.17) is 5.73 Å². The molecule has 2 nitrogen and oxygen atoms in total. The lowest BCUT2D eigenvalue weighted by atomic mass is 9.88. The molecule has 1 heterocycles. The molecule has 76 valence electrons. The number of nitrogens with one attached hydrogen (secondary N) is 1. The van der Waals surface area contributed by atoms with Crippen molar-refractivity contribution in [1.29, 1.82) is 0 Å². The third kappa shape index (κ3) is 3.05. The third-order valence-electron chi connectivity index (χ3n) is 2.69. The molecule has 0 bridgehead atoms. The minimum absolute atomic E-state index is 0.478.